The van der Waals surface area contributed by atoms with E-state index in [0.717, 1.165) is 5.56 Å². The molecule has 7 unspecified atom stereocenters. The summed E-state index contributed by atoms with van der Waals surface area (Å²) in [5.41, 5.74) is 3.46. The van der Waals surface area contributed by atoms with E-state index in [-0.39, 0.29) is 42.1 Å². The van der Waals surface area contributed by atoms with Crippen LogP contribution in [0.1, 0.15) is 32.4 Å². The van der Waals surface area contributed by atoms with Gasteiger partial charge in [-0.25, -0.2) is 9.37 Å². The molecule has 5 rings (SSSR count). The molecule has 0 amide bonds. The molecule has 0 spiro atoms. The van der Waals surface area contributed by atoms with E-state index >= 15 is 4.39 Å². The van der Waals surface area contributed by atoms with Crippen molar-refractivity contribution >= 4 is 31.3 Å². The molecule has 7 atom stereocenters. The molecule has 1 saturated heterocycles. The van der Waals surface area contributed by atoms with Crippen LogP contribution in [0.4, 0.5) is 10.3 Å². The number of alkyl halides is 1. The second kappa shape index (κ2) is 10.6. The number of carbonyl (C=O) groups is 1. The zero-order valence-electron chi connectivity index (χ0n) is 22.4. The van der Waals surface area contributed by atoms with Gasteiger partial charge in [-0.2, -0.15) is 9.97 Å². The number of esters is 1. The Balaban J connectivity index is 1.24. The molecule has 15 heteroatoms. The topological polar surface area (TPSA) is 173 Å². The van der Waals surface area contributed by atoms with Crippen LogP contribution in [-0.4, -0.2) is 79.9 Å². The molecule has 0 radical (unpaired) electrons. The highest BCUT2D eigenvalue weighted by Crippen LogP contribution is 2.70. The van der Waals surface area contributed by atoms with Crippen LogP contribution in [0, 0.1) is 0 Å². The second-order valence-corrected chi connectivity index (χ2v) is 11.2. The van der Waals surface area contributed by atoms with Crippen LogP contribution in [0.5, 0.6) is 5.88 Å². The molecule has 4 N–H and O–H groups in total. The fraction of sp³-hybridized carbons (Fsp3) is 0.520. The average molecular weight is 578 g/mol. The van der Waals surface area contributed by atoms with Crippen molar-refractivity contribution in [3.63, 3.8) is 0 Å². The number of nitrogen functional groups attached to an aromatic ring is 1. The first-order chi connectivity index (χ1) is 19.0. The van der Waals surface area contributed by atoms with Crippen LogP contribution in [-0.2, 0) is 29.8 Å². The highest BCUT2D eigenvalue weighted by molar-refractivity contribution is 7.36. The van der Waals surface area contributed by atoms with Crippen LogP contribution < -0.4 is 15.6 Å². The van der Waals surface area contributed by atoms with Gasteiger partial charge in [0.2, 0.25) is 11.8 Å². The smallest absolute Gasteiger partial charge is 0.479 e. The summed E-state index contributed by atoms with van der Waals surface area (Å²) in [7, 11) is -1.19. The molecule has 1 aliphatic heterocycles. The Bertz CT molecular complexity index is 1430. The number of hydrogen-bond donors (Lipinski definition) is 3. The fourth-order valence-electron chi connectivity index (χ4n) is 5.30. The van der Waals surface area contributed by atoms with E-state index in [1.807, 2.05) is 30.3 Å². The van der Waals surface area contributed by atoms with Gasteiger partial charge in [-0.05, 0) is 30.9 Å². The highest BCUT2D eigenvalue weighted by atomic mass is 31.1. The number of ether oxygens (including phenoxy) is 3. The molecule has 2 aliphatic rings. The number of methoxy groups -OCH3 is 1. The first kappa shape index (κ1) is 28.2. The predicted molar refractivity (Wildman–Crippen MR) is 140 cm³/mol. The Morgan fingerprint density at radius 2 is 2.05 bits per heavy atom. The number of halogens is 1. The van der Waals surface area contributed by atoms with E-state index in [1.165, 1.54) is 24.9 Å². The number of rotatable bonds is 11. The van der Waals surface area contributed by atoms with E-state index in [9.17, 15) is 14.5 Å². The molecule has 3 heterocycles. The van der Waals surface area contributed by atoms with E-state index in [2.05, 4.69) is 20.0 Å². The molecular formula is C25H31FN6O7P+. The van der Waals surface area contributed by atoms with Gasteiger partial charge in [0.15, 0.2) is 22.9 Å². The second-order valence-electron chi connectivity index (χ2n) is 10.2. The monoisotopic (exact) mass is 577 g/mol. The molecule has 1 saturated carbocycles. The lowest BCUT2D eigenvalue weighted by molar-refractivity contribution is -0.149. The van der Waals surface area contributed by atoms with Crippen LogP contribution in [0.15, 0.2) is 36.7 Å². The number of aliphatic hydroxyl groups excluding tert-OH is 1. The van der Waals surface area contributed by atoms with E-state index in [1.54, 1.807) is 13.8 Å². The van der Waals surface area contributed by atoms with Crippen molar-refractivity contribution in [3.8, 4) is 5.88 Å². The maximum Gasteiger partial charge on any atom is 0.613 e. The third kappa shape index (κ3) is 4.79. The number of carbonyl (C=O) groups excluding carboxylic acids is 1. The average Bonchev–Trinajstić information content (AvgIpc) is 3.13. The van der Waals surface area contributed by atoms with Gasteiger partial charge in [0.25, 0.3) is 0 Å². The zero-order valence-corrected chi connectivity index (χ0v) is 23.2. The van der Waals surface area contributed by atoms with Gasteiger partial charge in [-0.15, -0.1) is 4.52 Å². The fourth-order valence-corrected chi connectivity index (χ4v) is 6.10. The summed E-state index contributed by atoms with van der Waals surface area (Å²) in [5.74, 6) is -0.533. The van der Waals surface area contributed by atoms with E-state index < -0.39 is 49.7 Å². The molecule has 13 nitrogen and oxygen atoms in total. The lowest BCUT2D eigenvalue weighted by atomic mass is 10.1. The number of nitrogens with two attached hydrogens (primary N) is 1. The number of nitrogens with one attached hydrogen (secondary N) is 1. The first-order valence-electron chi connectivity index (χ1n) is 12.7. The van der Waals surface area contributed by atoms with Crippen molar-refractivity contribution < 1.29 is 37.6 Å². The summed E-state index contributed by atoms with van der Waals surface area (Å²) in [5, 5.41) is 13.6. The Kier molecular flexibility index (Phi) is 7.48. The molecule has 0 bridgehead atoms. The molecule has 214 valence electrons. The van der Waals surface area contributed by atoms with Crippen LogP contribution in [0.2, 0.25) is 0 Å². The lowest BCUT2D eigenvalue weighted by Crippen LogP contribution is -2.39. The van der Waals surface area contributed by atoms with Gasteiger partial charge in [0, 0.05) is 6.42 Å². The van der Waals surface area contributed by atoms with Crippen molar-refractivity contribution in [1.29, 1.82) is 0 Å². The minimum atomic E-state index is -2.60. The number of benzene rings is 1. The van der Waals surface area contributed by atoms with E-state index in [0.29, 0.717) is 0 Å². The number of fused-ring (bicyclic) bond motifs is 2. The zero-order chi connectivity index (χ0) is 28.8. The molecule has 2 fully saturated rings. The summed E-state index contributed by atoms with van der Waals surface area (Å²) >= 11 is 0. The third-order valence-corrected chi connectivity index (χ3v) is 8.10. The minimum Gasteiger partial charge on any atom is -0.479 e. The maximum atomic E-state index is 16.2. The van der Waals surface area contributed by atoms with Crippen LogP contribution in [0.25, 0.3) is 11.2 Å². The summed E-state index contributed by atoms with van der Waals surface area (Å²) in [6, 6.07) is 7.24. The number of hydrogen-bond acceptors (Lipinski definition) is 11. The molecule has 1 aliphatic carbocycles. The van der Waals surface area contributed by atoms with Crippen molar-refractivity contribution in [2.24, 2.45) is 0 Å². The lowest BCUT2D eigenvalue weighted by Gasteiger charge is -2.21. The van der Waals surface area contributed by atoms with Crippen LogP contribution >= 0.6 is 8.18 Å². The summed E-state index contributed by atoms with van der Waals surface area (Å²) < 4.78 is 52.2. The van der Waals surface area contributed by atoms with Gasteiger partial charge in [-0.1, -0.05) is 35.4 Å². The number of anilines is 1. The molecular weight excluding hydrogens is 546 g/mol. The quantitative estimate of drug-likeness (QED) is 0.224. The van der Waals surface area contributed by atoms with Crippen molar-refractivity contribution in [2.75, 3.05) is 19.5 Å². The van der Waals surface area contributed by atoms with E-state index in [4.69, 9.17) is 24.5 Å². The SMILES string of the molecule is COc1nc(N)nc2c1ncn2C1C2(C)OC(CO[P+](=O)NC(Cc3ccccc3)C(=O)OC(C)C)C(O)C12F. The van der Waals surface area contributed by atoms with Gasteiger partial charge >= 0.3 is 14.1 Å². The van der Waals surface area contributed by atoms with Crippen molar-refractivity contribution in [2.45, 2.75) is 68.9 Å². The number of aliphatic hydroxyl groups is 1. The first-order valence-corrected chi connectivity index (χ1v) is 13.9. The van der Waals surface area contributed by atoms with Gasteiger partial charge in [0.05, 0.1) is 19.5 Å². The van der Waals surface area contributed by atoms with Crippen molar-refractivity contribution in [3.05, 3.63) is 42.2 Å². The maximum absolute atomic E-state index is 16.2. The van der Waals surface area contributed by atoms with Gasteiger partial charge in [-0.3, -0.25) is 4.79 Å². The Morgan fingerprint density at radius 1 is 1.32 bits per heavy atom. The minimum absolute atomic E-state index is 0.0816. The Hall–Kier alpha value is -3.29. The predicted octanol–water partition coefficient (Wildman–Crippen LogP) is 2.02. The summed E-state index contributed by atoms with van der Waals surface area (Å²) in [6.45, 7) is 4.56. The largest absolute Gasteiger partial charge is 0.613 e. The number of aromatic nitrogens is 4. The van der Waals surface area contributed by atoms with Crippen LogP contribution in [0.3, 0.4) is 0 Å². The number of imidazole rings is 1. The molecule has 2 aromatic heterocycles. The van der Waals surface area contributed by atoms with Crippen molar-refractivity contribution in [1.82, 2.24) is 24.6 Å². The third-order valence-electron chi connectivity index (χ3n) is 7.19. The summed E-state index contributed by atoms with van der Waals surface area (Å²) in [4.78, 5) is 25.0. The van der Waals surface area contributed by atoms with Gasteiger partial charge < -0.3 is 29.6 Å². The van der Waals surface area contributed by atoms with Gasteiger partial charge in [0.1, 0.15) is 30.5 Å². The molecule has 3 aromatic rings. The normalized spacial score (nSPS) is 28.4. The highest BCUT2D eigenvalue weighted by Gasteiger charge is 2.87. The number of nitrogens with zero attached hydrogens (tertiary/aromatic N) is 4. The standard InChI is InChI=1S/C25H31FN6O7P/c1-13(2)38-21(34)15(10-14-8-6-5-7-9-14)31-40(35)37-11-16-18(33)25(26)22(24(25,3)39-16)32-12-28-17-19(32)29-23(27)30-20(17)36-4/h5-9,12-13,15-16,18,22,33H,10-11H2,1-4H3,(H,31,35)(H2,27,29,30)/q+1. The Labute approximate surface area is 230 Å². The Morgan fingerprint density at radius 3 is 2.67 bits per heavy atom. The molecule has 40 heavy (non-hydrogen) atoms. The molecule has 1 aromatic carbocycles. The summed E-state index contributed by atoms with van der Waals surface area (Å²) in [6.07, 6.45) is -1.53.